The van der Waals surface area contributed by atoms with Gasteiger partial charge >= 0.3 is 0 Å². The van der Waals surface area contributed by atoms with Gasteiger partial charge in [-0.2, -0.15) is 5.26 Å². The van der Waals surface area contributed by atoms with Gasteiger partial charge in [-0.05, 0) is 24.6 Å². The molecule has 0 aliphatic carbocycles. The van der Waals surface area contributed by atoms with Crippen molar-refractivity contribution >= 4 is 34.6 Å². The van der Waals surface area contributed by atoms with Gasteiger partial charge in [0.1, 0.15) is 23.1 Å². The van der Waals surface area contributed by atoms with E-state index < -0.39 is 10.8 Å². The number of nitrogens with one attached hydrogen (secondary N) is 2. The third-order valence-corrected chi connectivity index (χ3v) is 3.97. The van der Waals surface area contributed by atoms with Crippen molar-refractivity contribution in [2.24, 2.45) is 0 Å². The molecule has 0 saturated heterocycles. The van der Waals surface area contributed by atoms with E-state index in [9.17, 15) is 20.2 Å². The van der Waals surface area contributed by atoms with E-state index in [1.807, 2.05) is 0 Å². The fraction of sp³-hybridized carbons (Fsp3) is 0.111. The Bertz CT molecular complexity index is 966. The summed E-state index contributed by atoms with van der Waals surface area (Å²) in [6.45, 7) is 1.79. The van der Waals surface area contributed by atoms with Crippen molar-refractivity contribution in [1.82, 2.24) is 0 Å². The monoisotopic (exact) mass is 386 g/mol. The molecule has 0 bridgehead atoms. The lowest BCUT2D eigenvalue weighted by molar-refractivity contribution is -0.383. The van der Waals surface area contributed by atoms with E-state index in [2.05, 4.69) is 10.6 Å². The second-order valence-electron chi connectivity index (χ2n) is 5.34. The highest BCUT2D eigenvalue weighted by Gasteiger charge is 2.17. The van der Waals surface area contributed by atoms with Crippen LogP contribution in [0.5, 0.6) is 5.75 Å². The van der Waals surface area contributed by atoms with Crippen molar-refractivity contribution in [3.63, 3.8) is 0 Å². The maximum atomic E-state index is 12.3. The number of nitro benzene ring substituents is 1. The Morgan fingerprint density at radius 2 is 2.04 bits per heavy atom. The number of methoxy groups -OCH3 is 1. The van der Waals surface area contributed by atoms with E-state index in [1.165, 1.54) is 37.6 Å². The van der Waals surface area contributed by atoms with Gasteiger partial charge in [-0.3, -0.25) is 14.9 Å². The van der Waals surface area contributed by atoms with Crippen LogP contribution in [-0.4, -0.2) is 17.9 Å². The highest BCUT2D eigenvalue weighted by molar-refractivity contribution is 6.31. The normalized spacial score (nSPS) is 10.7. The molecule has 0 fully saturated rings. The molecule has 0 radical (unpaired) electrons. The number of para-hydroxylation sites is 2. The number of nitrogens with zero attached hydrogens (tertiary/aromatic N) is 2. The van der Waals surface area contributed by atoms with Crippen LogP contribution in [0.25, 0.3) is 0 Å². The molecular formula is C18H15ClN4O4. The standard InChI is InChI=1S/C18H15ClN4O4/c1-11-7-15(17(27-2)8-13(11)19)21-10-12(9-20)18(24)22-14-5-3-4-6-16(14)23(25)26/h3-8,10,21H,1-2H3,(H,22,24)/b12-10-. The molecule has 0 aliphatic rings. The molecule has 2 aromatic rings. The average Bonchev–Trinajstić information content (AvgIpc) is 2.65. The van der Waals surface area contributed by atoms with Crippen LogP contribution in [-0.2, 0) is 4.79 Å². The van der Waals surface area contributed by atoms with Crippen LogP contribution in [0.3, 0.4) is 0 Å². The van der Waals surface area contributed by atoms with Crippen molar-refractivity contribution in [3.05, 3.63) is 68.9 Å². The van der Waals surface area contributed by atoms with Gasteiger partial charge in [-0.25, -0.2) is 0 Å². The molecule has 138 valence electrons. The number of hydrogen-bond donors (Lipinski definition) is 2. The van der Waals surface area contributed by atoms with E-state index >= 15 is 0 Å². The minimum Gasteiger partial charge on any atom is -0.495 e. The summed E-state index contributed by atoms with van der Waals surface area (Å²) < 4.78 is 5.21. The van der Waals surface area contributed by atoms with Crippen LogP contribution < -0.4 is 15.4 Å². The largest absolute Gasteiger partial charge is 0.495 e. The first-order chi connectivity index (χ1) is 12.9. The third-order valence-electron chi connectivity index (χ3n) is 3.57. The van der Waals surface area contributed by atoms with Crippen molar-refractivity contribution in [2.75, 3.05) is 17.7 Å². The molecule has 2 rings (SSSR count). The van der Waals surface area contributed by atoms with E-state index in [1.54, 1.807) is 25.1 Å². The zero-order chi connectivity index (χ0) is 20.0. The Labute approximate surface area is 160 Å². The molecule has 8 nitrogen and oxygen atoms in total. The number of anilines is 2. The highest BCUT2D eigenvalue weighted by atomic mass is 35.5. The molecule has 0 heterocycles. The van der Waals surface area contributed by atoms with Crippen LogP contribution in [0, 0.1) is 28.4 Å². The number of aryl methyl sites for hydroxylation is 1. The molecule has 2 aromatic carbocycles. The first-order valence-electron chi connectivity index (χ1n) is 7.63. The zero-order valence-electron chi connectivity index (χ0n) is 14.4. The van der Waals surface area contributed by atoms with Crippen LogP contribution in [0.1, 0.15) is 5.56 Å². The Morgan fingerprint density at radius 1 is 1.33 bits per heavy atom. The lowest BCUT2D eigenvalue weighted by Crippen LogP contribution is -2.15. The minimum atomic E-state index is -0.788. The SMILES string of the molecule is COc1cc(Cl)c(C)cc1N/C=C(/C#N)C(=O)Nc1ccccc1[N+](=O)[O-]. The summed E-state index contributed by atoms with van der Waals surface area (Å²) in [6, 6.07) is 10.7. The van der Waals surface area contributed by atoms with Crippen molar-refractivity contribution < 1.29 is 14.5 Å². The fourth-order valence-corrected chi connectivity index (χ4v) is 2.33. The number of ether oxygens (including phenoxy) is 1. The lowest BCUT2D eigenvalue weighted by atomic mass is 10.2. The second kappa shape index (κ2) is 8.69. The molecule has 0 atom stereocenters. The van der Waals surface area contributed by atoms with Gasteiger partial charge in [0.2, 0.25) is 0 Å². The van der Waals surface area contributed by atoms with Crippen LogP contribution in [0.4, 0.5) is 17.1 Å². The van der Waals surface area contributed by atoms with Gasteiger partial charge in [0.15, 0.2) is 0 Å². The van der Waals surface area contributed by atoms with Crippen LogP contribution in [0.15, 0.2) is 48.2 Å². The van der Waals surface area contributed by atoms with E-state index in [4.69, 9.17) is 16.3 Å². The molecule has 2 N–H and O–H groups in total. The number of carbonyl (C=O) groups is 1. The molecule has 0 saturated carbocycles. The molecule has 27 heavy (non-hydrogen) atoms. The van der Waals surface area contributed by atoms with Crippen LogP contribution >= 0.6 is 11.6 Å². The quantitative estimate of drug-likeness (QED) is 0.335. The molecule has 1 amide bonds. The maximum Gasteiger partial charge on any atom is 0.292 e. The van der Waals surface area contributed by atoms with E-state index in [0.717, 1.165) is 5.56 Å². The molecule has 0 aliphatic heterocycles. The summed E-state index contributed by atoms with van der Waals surface area (Å²) in [4.78, 5) is 22.7. The third kappa shape index (κ3) is 4.74. The topological polar surface area (TPSA) is 117 Å². The Balaban J connectivity index is 2.25. The zero-order valence-corrected chi connectivity index (χ0v) is 15.2. The van der Waals surface area contributed by atoms with Crippen molar-refractivity contribution in [1.29, 1.82) is 5.26 Å². The van der Waals surface area contributed by atoms with Gasteiger partial charge in [0.25, 0.3) is 11.6 Å². The summed E-state index contributed by atoms with van der Waals surface area (Å²) in [7, 11) is 1.46. The van der Waals surface area contributed by atoms with Crippen molar-refractivity contribution in [2.45, 2.75) is 6.92 Å². The number of benzene rings is 2. The van der Waals surface area contributed by atoms with E-state index in [-0.39, 0.29) is 16.9 Å². The van der Waals surface area contributed by atoms with Gasteiger partial charge in [-0.1, -0.05) is 23.7 Å². The molecule has 0 aromatic heterocycles. The van der Waals surface area contributed by atoms with Crippen LogP contribution in [0.2, 0.25) is 5.02 Å². The Kier molecular flexibility index (Phi) is 6.36. The van der Waals surface area contributed by atoms with Crippen molar-refractivity contribution in [3.8, 4) is 11.8 Å². The number of nitro groups is 1. The summed E-state index contributed by atoms with van der Waals surface area (Å²) in [5.41, 5.74) is 0.726. The molecular weight excluding hydrogens is 372 g/mol. The summed E-state index contributed by atoms with van der Waals surface area (Å²) in [6.07, 6.45) is 1.19. The van der Waals surface area contributed by atoms with E-state index in [0.29, 0.717) is 16.5 Å². The summed E-state index contributed by atoms with van der Waals surface area (Å²) >= 11 is 6.04. The fourth-order valence-electron chi connectivity index (χ4n) is 2.17. The number of amides is 1. The molecule has 9 heteroatoms. The summed E-state index contributed by atoms with van der Waals surface area (Å²) in [5.74, 6) is -0.359. The maximum absolute atomic E-state index is 12.3. The smallest absolute Gasteiger partial charge is 0.292 e. The number of nitriles is 1. The first kappa shape index (κ1) is 19.8. The van der Waals surface area contributed by atoms with Gasteiger partial charge in [-0.15, -0.1) is 0 Å². The highest BCUT2D eigenvalue weighted by Crippen LogP contribution is 2.31. The predicted octanol–water partition coefficient (Wildman–Crippen LogP) is 4.02. The Hall–Kier alpha value is -3.57. The molecule has 0 spiro atoms. The summed E-state index contributed by atoms with van der Waals surface area (Å²) in [5, 5.41) is 26.0. The van der Waals surface area contributed by atoms with Gasteiger partial charge in [0, 0.05) is 23.4 Å². The predicted molar refractivity (Wildman–Crippen MR) is 102 cm³/mol. The van der Waals surface area contributed by atoms with Gasteiger partial charge in [0.05, 0.1) is 17.7 Å². The van der Waals surface area contributed by atoms with Gasteiger partial charge < -0.3 is 15.4 Å². The number of rotatable bonds is 6. The second-order valence-corrected chi connectivity index (χ2v) is 5.75. The minimum absolute atomic E-state index is 0.00596. The molecule has 0 unspecified atom stereocenters. The number of carbonyl (C=O) groups excluding carboxylic acids is 1. The number of halogens is 1. The lowest BCUT2D eigenvalue weighted by Gasteiger charge is -2.11. The number of hydrogen-bond acceptors (Lipinski definition) is 6. The first-order valence-corrected chi connectivity index (χ1v) is 8.01. The average molecular weight is 387 g/mol. The Morgan fingerprint density at radius 3 is 2.67 bits per heavy atom.